The monoisotopic (exact) mass is 288 g/mol. The highest BCUT2D eigenvalue weighted by molar-refractivity contribution is 6.43. The largest absolute Gasteiger partial charge is 0.465 e. The second-order valence-electron chi connectivity index (χ2n) is 4.85. The van der Waals surface area contributed by atoms with Crippen LogP contribution >= 0.6 is 0 Å². The first-order chi connectivity index (χ1) is 10.2. The number of esters is 1. The number of carbonyl (C=O) groups excluding carboxylic acids is 2. The molecule has 1 aliphatic heterocycles. The average Bonchev–Trinajstić information content (AvgIpc) is 2.50. The molecule has 0 aromatic heterocycles. The van der Waals surface area contributed by atoms with Crippen molar-refractivity contribution in [2.45, 2.75) is 19.8 Å². The summed E-state index contributed by atoms with van der Waals surface area (Å²) in [6, 6.07) is 9.93. The lowest BCUT2D eigenvalue weighted by Gasteiger charge is -2.22. The minimum absolute atomic E-state index is 0.257. The average molecular weight is 288 g/mol. The number of hydrogen-bond acceptors (Lipinski definition) is 4. The van der Waals surface area contributed by atoms with Gasteiger partial charge in [0.05, 0.1) is 6.61 Å². The summed E-state index contributed by atoms with van der Waals surface area (Å²) < 4.78 is 5.02. The van der Waals surface area contributed by atoms with Gasteiger partial charge in [-0.05, 0) is 25.3 Å². The molecule has 1 unspecified atom stereocenters. The maximum atomic E-state index is 11.9. The Hall–Kier alpha value is -2.17. The smallest absolute Gasteiger partial charge is 0.315 e. The Morgan fingerprint density at radius 1 is 1.38 bits per heavy atom. The van der Waals surface area contributed by atoms with Crippen LogP contribution < -0.4 is 5.32 Å². The quantitative estimate of drug-likeness (QED) is 0.832. The molecule has 21 heavy (non-hydrogen) atoms. The fourth-order valence-corrected chi connectivity index (χ4v) is 2.32. The van der Waals surface area contributed by atoms with Gasteiger partial charge in [-0.1, -0.05) is 30.3 Å². The second kappa shape index (κ2) is 7.57. The van der Waals surface area contributed by atoms with Gasteiger partial charge in [-0.25, -0.2) is 0 Å². The van der Waals surface area contributed by atoms with E-state index in [0.717, 1.165) is 12.0 Å². The summed E-state index contributed by atoms with van der Waals surface area (Å²) in [7, 11) is 0. The highest BCUT2D eigenvalue weighted by Crippen LogP contribution is 2.13. The van der Waals surface area contributed by atoms with Crippen molar-refractivity contribution in [1.29, 1.82) is 0 Å². The minimum atomic E-state index is -0.533. The number of carbonyl (C=O) groups is 2. The van der Waals surface area contributed by atoms with Gasteiger partial charge < -0.3 is 10.1 Å². The van der Waals surface area contributed by atoms with Crippen LogP contribution in [0.5, 0.6) is 0 Å². The summed E-state index contributed by atoms with van der Waals surface area (Å²) in [4.78, 5) is 28.2. The van der Waals surface area contributed by atoms with E-state index in [2.05, 4.69) is 10.3 Å². The number of benzene rings is 1. The van der Waals surface area contributed by atoms with E-state index in [1.54, 1.807) is 6.92 Å². The Morgan fingerprint density at radius 2 is 2.14 bits per heavy atom. The molecule has 1 amide bonds. The standard InChI is InChI=1S/C16H20N2O3/c1-2-21-16(20)13-9-11-18-15(19)14(13)17-10-8-12-6-4-3-5-7-12/h3-7,13H,2,8-11H2,1H3,(H,18,19)/b17-14-. The Labute approximate surface area is 124 Å². The SMILES string of the molecule is CCOC(=O)C1CCNC(=O)/C1=N\CCc1ccccc1. The van der Waals surface area contributed by atoms with Gasteiger partial charge in [-0.15, -0.1) is 0 Å². The van der Waals surface area contributed by atoms with Crippen LogP contribution in [0.2, 0.25) is 0 Å². The number of hydrogen-bond donors (Lipinski definition) is 1. The molecule has 1 aromatic carbocycles. The van der Waals surface area contributed by atoms with Gasteiger partial charge >= 0.3 is 5.97 Å². The zero-order valence-corrected chi connectivity index (χ0v) is 12.2. The third-order valence-corrected chi connectivity index (χ3v) is 3.38. The van der Waals surface area contributed by atoms with Crippen LogP contribution in [-0.2, 0) is 20.7 Å². The number of piperidine rings is 1. The Kier molecular flexibility index (Phi) is 5.49. The molecule has 5 heteroatoms. The number of nitrogens with zero attached hydrogens (tertiary/aromatic N) is 1. The van der Waals surface area contributed by atoms with Crippen molar-refractivity contribution in [2.24, 2.45) is 10.9 Å². The van der Waals surface area contributed by atoms with Crippen molar-refractivity contribution in [3.05, 3.63) is 35.9 Å². The second-order valence-corrected chi connectivity index (χ2v) is 4.85. The Balaban J connectivity index is 2.03. The molecule has 0 aliphatic carbocycles. The number of nitrogens with one attached hydrogen (secondary N) is 1. The van der Waals surface area contributed by atoms with Crippen LogP contribution in [0.3, 0.4) is 0 Å². The first kappa shape index (κ1) is 15.2. The summed E-state index contributed by atoms with van der Waals surface area (Å²) in [5, 5.41) is 2.73. The number of aliphatic imine (C=N–C) groups is 1. The molecule has 1 aromatic rings. The normalized spacial score (nSPS) is 20.1. The predicted octanol–water partition coefficient (Wildman–Crippen LogP) is 1.37. The highest BCUT2D eigenvalue weighted by atomic mass is 16.5. The van der Waals surface area contributed by atoms with Crippen LogP contribution in [0.25, 0.3) is 0 Å². The maximum Gasteiger partial charge on any atom is 0.315 e. The fraction of sp³-hybridized carbons (Fsp3) is 0.438. The third-order valence-electron chi connectivity index (χ3n) is 3.38. The van der Waals surface area contributed by atoms with Gasteiger partial charge in [-0.3, -0.25) is 14.6 Å². The van der Waals surface area contributed by atoms with Crippen LogP contribution in [0, 0.1) is 5.92 Å². The summed E-state index contributed by atoms with van der Waals surface area (Å²) in [6.45, 7) is 3.05. The third kappa shape index (κ3) is 4.15. The first-order valence-corrected chi connectivity index (χ1v) is 7.25. The van der Waals surface area contributed by atoms with Crippen LogP contribution in [0.15, 0.2) is 35.3 Å². The van der Waals surface area contributed by atoms with E-state index in [9.17, 15) is 9.59 Å². The first-order valence-electron chi connectivity index (χ1n) is 7.25. The molecule has 1 saturated heterocycles. The molecular formula is C16H20N2O3. The minimum Gasteiger partial charge on any atom is -0.465 e. The van der Waals surface area contributed by atoms with Gasteiger partial charge in [-0.2, -0.15) is 0 Å². The van der Waals surface area contributed by atoms with Crippen LogP contribution in [-0.4, -0.2) is 37.3 Å². The van der Waals surface area contributed by atoms with E-state index < -0.39 is 5.92 Å². The molecule has 1 heterocycles. The van der Waals surface area contributed by atoms with Crippen molar-refractivity contribution in [3.8, 4) is 0 Å². The number of ether oxygens (including phenoxy) is 1. The van der Waals surface area contributed by atoms with Gasteiger partial charge in [0.15, 0.2) is 0 Å². The summed E-state index contributed by atoms with van der Waals surface area (Å²) >= 11 is 0. The summed E-state index contributed by atoms with van der Waals surface area (Å²) in [5.41, 5.74) is 1.46. The molecule has 0 bridgehead atoms. The summed E-state index contributed by atoms with van der Waals surface area (Å²) in [6.07, 6.45) is 1.29. The maximum absolute atomic E-state index is 11.9. The van der Waals surface area contributed by atoms with E-state index in [-0.39, 0.29) is 11.9 Å². The lowest BCUT2D eigenvalue weighted by Crippen LogP contribution is -2.46. The van der Waals surface area contributed by atoms with Crippen molar-refractivity contribution < 1.29 is 14.3 Å². The molecule has 1 atom stereocenters. The molecule has 5 nitrogen and oxygen atoms in total. The number of rotatable bonds is 5. The molecule has 0 saturated carbocycles. The number of amides is 1. The Morgan fingerprint density at radius 3 is 2.86 bits per heavy atom. The van der Waals surface area contributed by atoms with E-state index in [0.29, 0.717) is 31.8 Å². The lowest BCUT2D eigenvalue weighted by molar-refractivity contribution is -0.146. The van der Waals surface area contributed by atoms with Crippen LogP contribution in [0.4, 0.5) is 0 Å². The van der Waals surface area contributed by atoms with Crippen LogP contribution in [0.1, 0.15) is 18.9 Å². The van der Waals surface area contributed by atoms with E-state index in [1.165, 1.54) is 0 Å². The van der Waals surface area contributed by atoms with E-state index in [4.69, 9.17) is 4.74 Å². The van der Waals surface area contributed by atoms with Gasteiger partial charge in [0, 0.05) is 13.1 Å². The molecule has 1 fully saturated rings. The molecule has 0 spiro atoms. The molecule has 1 aliphatic rings. The highest BCUT2D eigenvalue weighted by Gasteiger charge is 2.33. The summed E-state index contributed by atoms with van der Waals surface area (Å²) in [5.74, 6) is -1.15. The van der Waals surface area contributed by atoms with Crippen molar-refractivity contribution in [1.82, 2.24) is 5.32 Å². The predicted molar refractivity (Wildman–Crippen MR) is 80.2 cm³/mol. The fourth-order valence-electron chi connectivity index (χ4n) is 2.32. The van der Waals surface area contributed by atoms with Gasteiger partial charge in [0.1, 0.15) is 11.6 Å². The lowest BCUT2D eigenvalue weighted by atomic mass is 9.95. The van der Waals surface area contributed by atoms with Crippen molar-refractivity contribution in [2.75, 3.05) is 19.7 Å². The zero-order chi connectivity index (χ0) is 15.1. The molecule has 0 radical (unpaired) electrons. The van der Waals surface area contributed by atoms with E-state index in [1.807, 2.05) is 30.3 Å². The van der Waals surface area contributed by atoms with Crippen molar-refractivity contribution in [3.63, 3.8) is 0 Å². The van der Waals surface area contributed by atoms with Crippen molar-refractivity contribution >= 4 is 17.6 Å². The molecule has 2 rings (SSSR count). The van der Waals surface area contributed by atoms with E-state index >= 15 is 0 Å². The molecular weight excluding hydrogens is 268 g/mol. The van der Waals surface area contributed by atoms with Gasteiger partial charge in [0.2, 0.25) is 0 Å². The topological polar surface area (TPSA) is 67.8 Å². The Bertz CT molecular complexity index is 526. The zero-order valence-electron chi connectivity index (χ0n) is 12.2. The molecule has 1 N–H and O–H groups in total. The van der Waals surface area contributed by atoms with Gasteiger partial charge in [0.25, 0.3) is 5.91 Å². The molecule has 112 valence electrons.